The van der Waals surface area contributed by atoms with Crippen LogP contribution in [0.2, 0.25) is 5.02 Å². The monoisotopic (exact) mass is 314 g/mol. The van der Waals surface area contributed by atoms with E-state index in [0.717, 1.165) is 5.56 Å². The third-order valence-corrected chi connectivity index (χ3v) is 5.02. The average Bonchev–Trinajstić information content (AvgIpc) is 2.77. The minimum atomic E-state index is -1.49. The first kappa shape index (κ1) is 13.5. The molecule has 4 rings (SSSR count). The van der Waals surface area contributed by atoms with Gasteiger partial charge in [-0.2, -0.15) is 10.5 Å². The largest absolute Gasteiger partial charge is 0.386 e. The summed E-state index contributed by atoms with van der Waals surface area (Å²) in [6.07, 6.45) is 0. The van der Waals surface area contributed by atoms with E-state index in [9.17, 15) is 10.5 Å². The molecule has 0 bridgehead atoms. The van der Waals surface area contributed by atoms with Crippen LogP contribution in [0, 0.1) is 33.5 Å². The van der Waals surface area contributed by atoms with Crippen LogP contribution in [-0.2, 0) is 9.47 Å². The van der Waals surface area contributed by atoms with E-state index in [2.05, 4.69) is 17.1 Å². The first-order valence-electron chi connectivity index (χ1n) is 6.80. The first-order chi connectivity index (χ1) is 10.6. The van der Waals surface area contributed by atoms with E-state index in [-0.39, 0.29) is 5.84 Å². The molecule has 1 saturated carbocycles. The van der Waals surface area contributed by atoms with Gasteiger partial charge in [0.2, 0.25) is 0 Å². The van der Waals surface area contributed by atoms with Crippen LogP contribution in [0.1, 0.15) is 11.5 Å². The molecule has 1 aliphatic carbocycles. The Bertz CT molecular complexity index is 789. The number of ether oxygens (including phenoxy) is 2. The summed E-state index contributed by atoms with van der Waals surface area (Å²) in [6.45, 7) is 0.619. The number of rotatable bonds is 1. The topological polar surface area (TPSA) is 104 Å². The van der Waals surface area contributed by atoms with Gasteiger partial charge in [-0.1, -0.05) is 23.7 Å². The number of fused-ring (bicyclic) bond motifs is 2. The fourth-order valence-electron chi connectivity index (χ4n) is 3.90. The zero-order chi connectivity index (χ0) is 15.6. The molecule has 2 heterocycles. The lowest BCUT2D eigenvalue weighted by molar-refractivity contribution is -0.184. The molecule has 1 aromatic carbocycles. The molecular weight excluding hydrogens is 304 g/mol. The summed E-state index contributed by atoms with van der Waals surface area (Å²) >= 11 is 6.05. The van der Waals surface area contributed by atoms with Crippen molar-refractivity contribution < 1.29 is 9.47 Å². The van der Waals surface area contributed by atoms with Gasteiger partial charge in [-0.25, -0.2) is 4.99 Å². The summed E-state index contributed by atoms with van der Waals surface area (Å²) in [6, 6.07) is 11.5. The standard InChI is InChI=1S/C15H11ClN4O2/c16-10-3-1-2-9(6-10)11-13(7-17)12(19)20-15(14(11,13)8-18)21-4-5-22-15/h1-3,6,11H,4-5H2,(H2,19,20)/t11-,13+,14+/m0/s1. The maximum absolute atomic E-state index is 9.88. The van der Waals surface area contributed by atoms with E-state index in [4.69, 9.17) is 26.8 Å². The maximum Gasteiger partial charge on any atom is 0.293 e. The quantitative estimate of drug-likeness (QED) is 0.846. The Labute approximate surface area is 131 Å². The van der Waals surface area contributed by atoms with Crippen LogP contribution < -0.4 is 5.73 Å². The number of hydrogen-bond acceptors (Lipinski definition) is 6. The van der Waals surface area contributed by atoms with Crippen LogP contribution in [0.3, 0.4) is 0 Å². The van der Waals surface area contributed by atoms with Gasteiger partial charge in [-0.15, -0.1) is 0 Å². The third-order valence-electron chi connectivity index (χ3n) is 4.79. The minimum Gasteiger partial charge on any atom is -0.386 e. The van der Waals surface area contributed by atoms with E-state index < -0.39 is 22.7 Å². The number of aliphatic imine (C=N–C) groups is 1. The molecule has 110 valence electrons. The smallest absolute Gasteiger partial charge is 0.293 e. The minimum absolute atomic E-state index is 0.0865. The number of halogens is 1. The van der Waals surface area contributed by atoms with Gasteiger partial charge in [0.15, 0.2) is 5.41 Å². The maximum atomic E-state index is 9.88. The summed E-state index contributed by atoms with van der Waals surface area (Å²) in [7, 11) is 0. The Hall–Kier alpha value is -2.12. The molecule has 1 spiro atoms. The van der Waals surface area contributed by atoms with Crippen molar-refractivity contribution in [2.75, 3.05) is 13.2 Å². The highest BCUT2D eigenvalue weighted by molar-refractivity contribution is 6.30. The summed E-state index contributed by atoms with van der Waals surface area (Å²) in [5, 5.41) is 20.2. The molecule has 0 amide bonds. The molecule has 2 aliphatic heterocycles. The van der Waals surface area contributed by atoms with Crippen LogP contribution in [0.15, 0.2) is 29.3 Å². The van der Waals surface area contributed by atoms with Gasteiger partial charge >= 0.3 is 0 Å². The normalized spacial score (nSPS) is 37.2. The number of nitrogens with two attached hydrogens (primary N) is 1. The highest BCUT2D eigenvalue weighted by Crippen LogP contribution is 2.82. The predicted molar refractivity (Wildman–Crippen MR) is 76.5 cm³/mol. The highest BCUT2D eigenvalue weighted by Gasteiger charge is 2.94. The second kappa shape index (κ2) is 3.99. The average molecular weight is 315 g/mol. The molecular formula is C15H11ClN4O2. The highest BCUT2D eigenvalue weighted by atomic mass is 35.5. The Kier molecular flexibility index (Phi) is 2.46. The van der Waals surface area contributed by atoms with Crippen molar-refractivity contribution in [1.29, 1.82) is 10.5 Å². The van der Waals surface area contributed by atoms with Crippen molar-refractivity contribution in [1.82, 2.24) is 0 Å². The summed E-state index contributed by atoms with van der Waals surface area (Å²) in [5.41, 5.74) is 4.27. The van der Waals surface area contributed by atoms with Crippen molar-refractivity contribution in [3.8, 4) is 12.1 Å². The second-order valence-corrected chi connectivity index (χ2v) is 6.04. The van der Waals surface area contributed by atoms with Gasteiger partial charge in [-0.05, 0) is 17.7 Å². The van der Waals surface area contributed by atoms with E-state index >= 15 is 0 Å². The van der Waals surface area contributed by atoms with E-state index in [1.807, 2.05) is 6.07 Å². The summed E-state index contributed by atoms with van der Waals surface area (Å²) < 4.78 is 11.3. The Morgan fingerprint density at radius 1 is 1.27 bits per heavy atom. The Morgan fingerprint density at radius 2 is 2.00 bits per heavy atom. The summed E-state index contributed by atoms with van der Waals surface area (Å²) in [4.78, 5) is 4.21. The van der Waals surface area contributed by atoms with Crippen molar-refractivity contribution in [2.24, 2.45) is 21.6 Å². The molecule has 0 unspecified atom stereocenters. The van der Waals surface area contributed by atoms with Crippen LogP contribution in [0.4, 0.5) is 0 Å². The van der Waals surface area contributed by atoms with Crippen LogP contribution >= 0.6 is 11.6 Å². The van der Waals surface area contributed by atoms with Gasteiger partial charge in [0.1, 0.15) is 11.3 Å². The SMILES string of the molecule is N#C[C@@]12C(N)=NC3(OCCO3)[C@]1(C#N)[C@H]2c1cccc(Cl)c1. The molecule has 1 aromatic rings. The molecule has 6 nitrogen and oxygen atoms in total. The molecule has 0 aromatic heterocycles. The zero-order valence-corrected chi connectivity index (χ0v) is 12.2. The number of amidine groups is 1. The fourth-order valence-corrected chi connectivity index (χ4v) is 4.10. The van der Waals surface area contributed by atoms with Gasteiger partial charge in [0, 0.05) is 10.9 Å². The summed E-state index contributed by atoms with van der Waals surface area (Å²) in [5.74, 6) is -1.89. The van der Waals surface area contributed by atoms with Crippen molar-refractivity contribution in [3.05, 3.63) is 34.9 Å². The number of nitriles is 2. The van der Waals surface area contributed by atoms with Crippen molar-refractivity contribution in [3.63, 3.8) is 0 Å². The molecule has 0 radical (unpaired) electrons. The zero-order valence-electron chi connectivity index (χ0n) is 11.4. The second-order valence-electron chi connectivity index (χ2n) is 5.60. The van der Waals surface area contributed by atoms with E-state index in [1.165, 1.54) is 0 Å². The van der Waals surface area contributed by atoms with Crippen LogP contribution in [-0.4, -0.2) is 25.0 Å². The predicted octanol–water partition coefficient (Wildman–Crippen LogP) is 1.53. The van der Waals surface area contributed by atoms with Gasteiger partial charge < -0.3 is 15.2 Å². The Morgan fingerprint density at radius 3 is 2.59 bits per heavy atom. The third kappa shape index (κ3) is 1.17. The molecule has 2 fully saturated rings. The fraction of sp³-hybridized carbons (Fsp3) is 0.400. The van der Waals surface area contributed by atoms with Gasteiger partial charge in [-0.3, -0.25) is 0 Å². The number of hydrogen-bond donors (Lipinski definition) is 1. The van der Waals surface area contributed by atoms with Gasteiger partial charge in [0.05, 0.1) is 25.4 Å². The molecule has 2 N–H and O–H groups in total. The lowest BCUT2D eigenvalue weighted by Crippen LogP contribution is -2.38. The lowest BCUT2D eigenvalue weighted by Gasteiger charge is -2.25. The lowest BCUT2D eigenvalue weighted by atomic mass is 9.94. The molecule has 22 heavy (non-hydrogen) atoms. The van der Waals surface area contributed by atoms with E-state index in [1.54, 1.807) is 18.2 Å². The number of nitrogens with zero attached hydrogens (tertiary/aromatic N) is 3. The van der Waals surface area contributed by atoms with Crippen LogP contribution in [0.25, 0.3) is 0 Å². The molecule has 7 heteroatoms. The molecule has 3 atom stereocenters. The van der Waals surface area contributed by atoms with Crippen molar-refractivity contribution in [2.45, 2.75) is 11.8 Å². The Balaban J connectivity index is 1.94. The molecule has 1 saturated heterocycles. The molecule has 3 aliphatic rings. The van der Waals surface area contributed by atoms with Gasteiger partial charge in [0.25, 0.3) is 5.91 Å². The van der Waals surface area contributed by atoms with Crippen molar-refractivity contribution >= 4 is 17.4 Å². The first-order valence-corrected chi connectivity index (χ1v) is 7.17. The van der Waals surface area contributed by atoms with E-state index in [0.29, 0.717) is 18.2 Å². The number of benzene rings is 1. The van der Waals surface area contributed by atoms with Crippen LogP contribution in [0.5, 0.6) is 0 Å².